The zero-order valence-corrected chi connectivity index (χ0v) is 12.6. The fraction of sp³-hybridized carbons (Fsp3) is 0.545. The third-order valence-corrected chi connectivity index (χ3v) is 5.46. The molecule has 0 bridgehead atoms. The number of hydrogen-bond acceptors (Lipinski definition) is 4. The SMILES string of the molecule is O=C(CS(=O)CC1CCCO1)c1cc(Cl)sc1Cl. The summed E-state index contributed by atoms with van der Waals surface area (Å²) in [6.45, 7) is 0.724. The van der Waals surface area contributed by atoms with E-state index in [0.717, 1.165) is 30.8 Å². The highest BCUT2D eigenvalue weighted by Crippen LogP contribution is 2.31. The summed E-state index contributed by atoms with van der Waals surface area (Å²) in [5, 5.41) is 0. The highest BCUT2D eigenvalue weighted by Gasteiger charge is 2.21. The standard InChI is InChI=1S/C11H12Cl2O3S2/c12-10-4-8(11(13)17-10)9(14)6-18(15)5-7-2-1-3-16-7/h4,7H,1-3,5-6H2. The van der Waals surface area contributed by atoms with Crippen LogP contribution in [0.1, 0.15) is 23.2 Å². The van der Waals surface area contributed by atoms with Gasteiger partial charge in [0, 0.05) is 23.0 Å². The van der Waals surface area contributed by atoms with Crippen molar-refractivity contribution in [3.8, 4) is 0 Å². The highest BCUT2D eigenvalue weighted by molar-refractivity contribution is 7.85. The van der Waals surface area contributed by atoms with Gasteiger partial charge in [0.1, 0.15) is 4.34 Å². The van der Waals surface area contributed by atoms with Crippen LogP contribution in [0.4, 0.5) is 0 Å². The normalized spacial score (nSPS) is 21.1. The van der Waals surface area contributed by atoms with Crippen molar-refractivity contribution in [3.05, 3.63) is 20.3 Å². The summed E-state index contributed by atoms with van der Waals surface area (Å²) in [4.78, 5) is 11.9. The summed E-state index contributed by atoms with van der Waals surface area (Å²) in [7, 11) is -1.21. The molecular formula is C11H12Cl2O3S2. The molecule has 1 saturated heterocycles. The van der Waals surface area contributed by atoms with Crippen LogP contribution in [0, 0.1) is 0 Å². The second-order valence-corrected chi connectivity index (χ2v) is 7.83. The summed E-state index contributed by atoms with van der Waals surface area (Å²) in [5.74, 6) is 0.174. The number of rotatable bonds is 5. The Labute approximate surface area is 122 Å². The summed E-state index contributed by atoms with van der Waals surface area (Å²) in [6, 6.07) is 1.53. The average Bonchev–Trinajstić information content (AvgIpc) is 2.88. The Kier molecular flexibility index (Phi) is 5.21. The Balaban J connectivity index is 1.90. The molecule has 18 heavy (non-hydrogen) atoms. The molecule has 1 aromatic rings. The van der Waals surface area contributed by atoms with E-state index >= 15 is 0 Å². The van der Waals surface area contributed by atoms with E-state index in [9.17, 15) is 9.00 Å². The van der Waals surface area contributed by atoms with Gasteiger partial charge in [-0.2, -0.15) is 0 Å². The Morgan fingerprint density at radius 1 is 1.56 bits per heavy atom. The van der Waals surface area contributed by atoms with Gasteiger partial charge in [0.25, 0.3) is 0 Å². The molecule has 7 heteroatoms. The lowest BCUT2D eigenvalue weighted by Gasteiger charge is -2.08. The van der Waals surface area contributed by atoms with Crippen LogP contribution in [0.3, 0.4) is 0 Å². The maximum atomic E-state index is 11.9. The highest BCUT2D eigenvalue weighted by atomic mass is 35.5. The van der Waals surface area contributed by atoms with Crippen molar-refractivity contribution in [2.75, 3.05) is 18.1 Å². The molecule has 1 fully saturated rings. The molecule has 0 aromatic carbocycles. The Morgan fingerprint density at radius 3 is 2.89 bits per heavy atom. The van der Waals surface area contributed by atoms with Gasteiger partial charge in [0.15, 0.2) is 5.78 Å². The first-order valence-corrected chi connectivity index (χ1v) is 8.57. The zero-order valence-electron chi connectivity index (χ0n) is 9.49. The molecule has 100 valence electrons. The summed E-state index contributed by atoms with van der Waals surface area (Å²) < 4.78 is 18.1. The molecule has 3 nitrogen and oxygen atoms in total. The number of halogens is 2. The van der Waals surface area contributed by atoms with Crippen molar-refractivity contribution in [1.29, 1.82) is 0 Å². The second kappa shape index (κ2) is 6.48. The van der Waals surface area contributed by atoms with Crippen LogP contribution >= 0.6 is 34.5 Å². The van der Waals surface area contributed by atoms with Gasteiger partial charge < -0.3 is 4.74 Å². The molecule has 0 N–H and O–H groups in total. The molecule has 0 spiro atoms. The topological polar surface area (TPSA) is 43.4 Å². The van der Waals surface area contributed by atoms with Crippen molar-refractivity contribution in [1.82, 2.24) is 0 Å². The van der Waals surface area contributed by atoms with Crippen molar-refractivity contribution < 1.29 is 13.7 Å². The summed E-state index contributed by atoms with van der Waals surface area (Å²) in [5.41, 5.74) is 0.368. The monoisotopic (exact) mass is 326 g/mol. The molecule has 1 aliphatic heterocycles. The number of Topliss-reactive ketones (excluding diaryl/α,β-unsaturated/α-hetero) is 1. The summed E-state index contributed by atoms with van der Waals surface area (Å²) >= 11 is 12.8. The first-order chi connectivity index (χ1) is 8.56. The number of hydrogen-bond donors (Lipinski definition) is 0. The van der Waals surface area contributed by atoms with E-state index in [4.69, 9.17) is 27.9 Å². The number of thiophene rings is 1. The van der Waals surface area contributed by atoms with E-state index in [1.54, 1.807) is 0 Å². The van der Waals surface area contributed by atoms with Gasteiger partial charge in [0.05, 0.1) is 21.9 Å². The smallest absolute Gasteiger partial charge is 0.177 e. The van der Waals surface area contributed by atoms with Crippen molar-refractivity contribution in [3.63, 3.8) is 0 Å². The minimum Gasteiger partial charge on any atom is -0.377 e. The van der Waals surface area contributed by atoms with Crippen molar-refractivity contribution >= 4 is 51.1 Å². The number of carbonyl (C=O) groups excluding carboxylic acids is 1. The van der Waals surface area contributed by atoms with Crippen LogP contribution in [0.5, 0.6) is 0 Å². The van der Waals surface area contributed by atoms with Crippen molar-refractivity contribution in [2.24, 2.45) is 0 Å². The molecule has 2 rings (SSSR count). The molecule has 2 heterocycles. The zero-order chi connectivity index (χ0) is 13.1. The first kappa shape index (κ1) is 14.5. The van der Waals surface area contributed by atoms with E-state index in [2.05, 4.69) is 0 Å². The van der Waals surface area contributed by atoms with Gasteiger partial charge in [-0.25, -0.2) is 0 Å². The number of ether oxygens (including phenoxy) is 1. The predicted octanol–water partition coefficient (Wildman–Crippen LogP) is 3.17. The quantitative estimate of drug-likeness (QED) is 0.780. The van der Waals surface area contributed by atoms with E-state index in [0.29, 0.717) is 20.0 Å². The largest absolute Gasteiger partial charge is 0.377 e. The predicted molar refractivity (Wildman–Crippen MR) is 75.5 cm³/mol. The minimum absolute atomic E-state index is 0.0212. The number of carbonyl (C=O) groups is 1. The second-order valence-electron chi connectivity index (χ2n) is 4.05. The fourth-order valence-corrected chi connectivity index (χ4v) is 4.54. The van der Waals surface area contributed by atoms with Crippen molar-refractivity contribution in [2.45, 2.75) is 18.9 Å². The lowest BCUT2D eigenvalue weighted by Crippen LogP contribution is -2.21. The van der Waals surface area contributed by atoms with Gasteiger partial charge in [-0.15, -0.1) is 11.3 Å². The summed E-state index contributed by atoms with van der Waals surface area (Å²) in [6.07, 6.45) is 1.95. The number of ketones is 1. The van der Waals surface area contributed by atoms with Crippen LogP contribution in [-0.2, 0) is 15.5 Å². The molecular weight excluding hydrogens is 315 g/mol. The van der Waals surface area contributed by atoms with Crippen LogP contribution in [0.15, 0.2) is 6.07 Å². The van der Waals surface area contributed by atoms with Crippen LogP contribution in [-0.4, -0.2) is 34.2 Å². The molecule has 0 aliphatic carbocycles. The molecule has 0 amide bonds. The lowest BCUT2D eigenvalue weighted by molar-refractivity contribution is 0.102. The van der Waals surface area contributed by atoms with Crippen LogP contribution in [0.2, 0.25) is 8.67 Å². The average molecular weight is 327 g/mol. The third-order valence-electron chi connectivity index (χ3n) is 2.64. The molecule has 0 radical (unpaired) electrons. The van der Waals surface area contributed by atoms with E-state index in [1.807, 2.05) is 0 Å². The van der Waals surface area contributed by atoms with Gasteiger partial charge in [-0.1, -0.05) is 23.2 Å². The lowest BCUT2D eigenvalue weighted by atomic mass is 10.2. The molecule has 1 aliphatic rings. The van der Waals surface area contributed by atoms with Crippen LogP contribution in [0.25, 0.3) is 0 Å². The van der Waals surface area contributed by atoms with Gasteiger partial charge >= 0.3 is 0 Å². The Hall–Kier alpha value is 0.0600. The maximum Gasteiger partial charge on any atom is 0.177 e. The molecule has 0 saturated carbocycles. The van der Waals surface area contributed by atoms with E-state index in [1.165, 1.54) is 6.07 Å². The van der Waals surface area contributed by atoms with E-state index in [-0.39, 0.29) is 17.6 Å². The van der Waals surface area contributed by atoms with Gasteiger partial charge in [-0.05, 0) is 18.9 Å². The fourth-order valence-electron chi connectivity index (χ4n) is 1.80. The molecule has 2 atom stereocenters. The van der Waals surface area contributed by atoms with Gasteiger partial charge in [-0.3, -0.25) is 9.00 Å². The third kappa shape index (κ3) is 3.78. The molecule has 2 unspecified atom stereocenters. The van der Waals surface area contributed by atoms with Gasteiger partial charge in [0.2, 0.25) is 0 Å². The van der Waals surface area contributed by atoms with E-state index < -0.39 is 10.8 Å². The Morgan fingerprint density at radius 2 is 2.33 bits per heavy atom. The first-order valence-electron chi connectivity index (χ1n) is 5.51. The maximum absolute atomic E-state index is 11.9. The minimum atomic E-state index is -1.21. The molecule has 1 aromatic heterocycles. The van der Waals surface area contributed by atoms with Crippen LogP contribution < -0.4 is 0 Å². The Bertz CT molecular complexity index is 467.